The maximum atomic E-state index is 12.0. The zero-order chi connectivity index (χ0) is 15.6. The van der Waals surface area contributed by atoms with Gasteiger partial charge in [-0.05, 0) is 38.8 Å². The third kappa shape index (κ3) is 3.24. The zero-order valence-corrected chi connectivity index (χ0v) is 12.8. The molecule has 0 amide bonds. The Bertz CT molecular complexity index is 712. The van der Waals surface area contributed by atoms with Crippen LogP contribution in [0.15, 0.2) is 39.9 Å². The Balaban J connectivity index is 2.31. The summed E-state index contributed by atoms with van der Waals surface area (Å²) in [5, 5.41) is 3.18. The van der Waals surface area contributed by atoms with E-state index in [9.17, 15) is 9.59 Å². The predicted molar refractivity (Wildman–Crippen MR) is 84.9 cm³/mol. The summed E-state index contributed by atoms with van der Waals surface area (Å²) in [7, 11) is 0. The molecule has 0 radical (unpaired) electrons. The number of anilines is 1. The van der Waals surface area contributed by atoms with Gasteiger partial charge in [-0.15, -0.1) is 0 Å². The van der Waals surface area contributed by atoms with Gasteiger partial charge in [-0.25, -0.2) is 4.79 Å². The van der Waals surface area contributed by atoms with Crippen LogP contribution in [0.5, 0.6) is 0 Å². The van der Waals surface area contributed by atoms with E-state index in [4.69, 9.17) is 0 Å². The molecular weight excluding hydrogens is 266 g/mol. The molecule has 0 unspecified atom stereocenters. The van der Waals surface area contributed by atoms with Crippen LogP contribution in [0.1, 0.15) is 44.0 Å². The molecule has 0 bridgehead atoms. The SMILES string of the molecule is Cc1ccccc1[C@H](C)Nc1cc(=O)n(C(C)C)c(=O)[nH]1. The van der Waals surface area contributed by atoms with Crippen LogP contribution in [0.3, 0.4) is 0 Å². The van der Waals surface area contributed by atoms with Crippen LogP contribution in [0, 0.1) is 6.92 Å². The van der Waals surface area contributed by atoms with Crippen molar-refractivity contribution in [3.05, 3.63) is 62.3 Å². The highest BCUT2D eigenvalue weighted by Gasteiger charge is 2.11. The van der Waals surface area contributed by atoms with E-state index in [0.717, 1.165) is 11.1 Å². The lowest BCUT2D eigenvalue weighted by Gasteiger charge is -2.18. The minimum absolute atomic E-state index is 0.00356. The number of nitrogens with one attached hydrogen (secondary N) is 2. The number of aromatic nitrogens is 2. The maximum absolute atomic E-state index is 12.0. The molecule has 1 aromatic carbocycles. The molecule has 0 aliphatic rings. The van der Waals surface area contributed by atoms with Crippen molar-refractivity contribution in [2.45, 2.75) is 39.8 Å². The van der Waals surface area contributed by atoms with Crippen LogP contribution in [-0.4, -0.2) is 9.55 Å². The topological polar surface area (TPSA) is 66.9 Å². The van der Waals surface area contributed by atoms with Crippen molar-refractivity contribution in [1.82, 2.24) is 9.55 Å². The summed E-state index contributed by atoms with van der Waals surface area (Å²) in [4.78, 5) is 26.7. The highest BCUT2D eigenvalue weighted by molar-refractivity contribution is 5.39. The Morgan fingerprint density at radius 1 is 1.14 bits per heavy atom. The van der Waals surface area contributed by atoms with Crippen LogP contribution in [0.4, 0.5) is 5.82 Å². The molecule has 2 aromatic rings. The van der Waals surface area contributed by atoms with Crippen LogP contribution < -0.4 is 16.6 Å². The monoisotopic (exact) mass is 287 g/mol. The van der Waals surface area contributed by atoms with Crippen molar-refractivity contribution in [3.63, 3.8) is 0 Å². The van der Waals surface area contributed by atoms with E-state index in [1.54, 1.807) is 13.8 Å². The van der Waals surface area contributed by atoms with Crippen molar-refractivity contribution >= 4 is 5.82 Å². The number of H-pyrrole nitrogens is 1. The van der Waals surface area contributed by atoms with Crippen molar-refractivity contribution < 1.29 is 0 Å². The molecule has 0 saturated heterocycles. The molecule has 112 valence electrons. The Morgan fingerprint density at radius 2 is 1.81 bits per heavy atom. The number of benzene rings is 1. The number of aryl methyl sites for hydroxylation is 1. The Hall–Kier alpha value is -2.30. The van der Waals surface area contributed by atoms with Gasteiger partial charge >= 0.3 is 5.69 Å². The summed E-state index contributed by atoms with van der Waals surface area (Å²) in [5.41, 5.74) is 1.60. The summed E-state index contributed by atoms with van der Waals surface area (Å²) in [6.45, 7) is 7.64. The number of hydrogen-bond donors (Lipinski definition) is 2. The standard InChI is InChI=1S/C16H21N3O2/c1-10(2)19-15(20)9-14(18-16(19)21)17-12(4)13-8-6-5-7-11(13)3/h5-10,12,17H,1-4H3,(H,18,21)/t12-/m0/s1. The summed E-state index contributed by atoms with van der Waals surface area (Å²) in [5.74, 6) is 0.442. The second-order valence-electron chi connectivity index (χ2n) is 5.51. The molecular formula is C16H21N3O2. The van der Waals surface area contributed by atoms with Gasteiger partial charge in [0, 0.05) is 12.1 Å². The third-order valence-corrected chi connectivity index (χ3v) is 3.51. The normalized spacial score (nSPS) is 12.4. The first-order chi connectivity index (χ1) is 9.90. The smallest absolute Gasteiger partial charge is 0.330 e. The van der Waals surface area contributed by atoms with E-state index >= 15 is 0 Å². The van der Waals surface area contributed by atoms with Crippen molar-refractivity contribution in [3.8, 4) is 0 Å². The third-order valence-electron chi connectivity index (χ3n) is 3.51. The van der Waals surface area contributed by atoms with Gasteiger partial charge < -0.3 is 5.32 Å². The Morgan fingerprint density at radius 3 is 2.38 bits per heavy atom. The second-order valence-corrected chi connectivity index (χ2v) is 5.51. The number of hydrogen-bond acceptors (Lipinski definition) is 3. The van der Waals surface area contributed by atoms with E-state index in [1.165, 1.54) is 10.6 Å². The lowest BCUT2D eigenvalue weighted by Crippen LogP contribution is -2.36. The van der Waals surface area contributed by atoms with Crippen molar-refractivity contribution in [2.75, 3.05) is 5.32 Å². The Labute approximate surface area is 123 Å². The van der Waals surface area contributed by atoms with Crippen LogP contribution in [-0.2, 0) is 0 Å². The first-order valence-electron chi connectivity index (χ1n) is 7.08. The van der Waals surface area contributed by atoms with Crippen LogP contribution >= 0.6 is 0 Å². The fourth-order valence-corrected chi connectivity index (χ4v) is 2.45. The summed E-state index contributed by atoms with van der Waals surface area (Å²) in [6, 6.07) is 9.28. The van der Waals surface area contributed by atoms with Crippen molar-refractivity contribution in [2.24, 2.45) is 0 Å². The van der Waals surface area contributed by atoms with Crippen LogP contribution in [0.25, 0.3) is 0 Å². The molecule has 1 atom stereocenters. The second kappa shape index (κ2) is 5.99. The van der Waals surface area contributed by atoms with E-state index in [-0.39, 0.29) is 17.6 Å². The number of aromatic amines is 1. The number of nitrogens with zero attached hydrogens (tertiary/aromatic N) is 1. The molecule has 0 spiro atoms. The quantitative estimate of drug-likeness (QED) is 0.908. The minimum Gasteiger partial charge on any atom is -0.365 e. The lowest BCUT2D eigenvalue weighted by atomic mass is 10.0. The molecule has 5 heteroatoms. The molecule has 2 N–H and O–H groups in total. The van der Waals surface area contributed by atoms with Gasteiger partial charge in [0.25, 0.3) is 5.56 Å². The van der Waals surface area contributed by atoms with E-state index < -0.39 is 5.69 Å². The first-order valence-corrected chi connectivity index (χ1v) is 7.08. The van der Waals surface area contributed by atoms with Gasteiger partial charge in [-0.3, -0.25) is 14.3 Å². The molecule has 21 heavy (non-hydrogen) atoms. The number of rotatable bonds is 4. The molecule has 5 nitrogen and oxygen atoms in total. The van der Waals surface area contributed by atoms with E-state index in [1.807, 2.05) is 38.1 Å². The molecule has 1 aromatic heterocycles. The van der Waals surface area contributed by atoms with E-state index in [2.05, 4.69) is 10.3 Å². The minimum atomic E-state index is -0.392. The Kier molecular flexibility index (Phi) is 4.31. The van der Waals surface area contributed by atoms with Crippen LogP contribution in [0.2, 0.25) is 0 Å². The average Bonchev–Trinajstić information content (AvgIpc) is 2.37. The molecule has 0 aliphatic carbocycles. The highest BCUT2D eigenvalue weighted by Crippen LogP contribution is 2.19. The largest absolute Gasteiger partial charge is 0.365 e. The zero-order valence-electron chi connectivity index (χ0n) is 12.8. The molecule has 0 fully saturated rings. The van der Waals surface area contributed by atoms with E-state index in [0.29, 0.717) is 5.82 Å². The predicted octanol–water partition coefficient (Wildman–Crippen LogP) is 2.60. The first kappa shape index (κ1) is 15.1. The summed E-state index contributed by atoms with van der Waals surface area (Å²) >= 11 is 0. The molecule has 2 rings (SSSR count). The average molecular weight is 287 g/mol. The maximum Gasteiger partial charge on any atom is 0.330 e. The van der Waals surface area contributed by atoms with Gasteiger partial charge in [0.2, 0.25) is 0 Å². The molecule has 0 aliphatic heterocycles. The fraction of sp³-hybridized carbons (Fsp3) is 0.375. The van der Waals surface area contributed by atoms with Gasteiger partial charge in [0.1, 0.15) is 5.82 Å². The summed E-state index contributed by atoms with van der Waals surface area (Å²) < 4.78 is 1.20. The van der Waals surface area contributed by atoms with Crippen molar-refractivity contribution in [1.29, 1.82) is 0 Å². The summed E-state index contributed by atoms with van der Waals surface area (Å²) in [6.07, 6.45) is 0. The van der Waals surface area contributed by atoms with Gasteiger partial charge in [-0.1, -0.05) is 24.3 Å². The fourth-order valence-electron chi connectivity index (χ4n) is 2.45. The van der Waals surface area contributed by atoms with Gasteiger partial charge in [0.05, 0.1) is 6.04 Å². The molecule has 1 heterocycles. The highest BCUT2D eigenvalue weighted by atomic mass is 16.2. The lowest BCUT2D eigenvalue weighted by molar-refractivity contribution is 0.546. The molecule has 0 saturated carbocycles. The van der Waals surface area contributed by atoms with Gasteiger partial charge in [-0.2, -0.15) is 0 Å². The van der Waals surface area contributed by atoms with Gasteiger partial charge in [0.15, 0.2) is 0 Å².